The Hall–Kier alpha value is -2.28. The van der Waals surface area contributed by atoms with Gasteiger partial charge in [0.2, 0.25) is 5.91 Å². The van der Waals surface area contributed by atoms with Crippen LogP contribution in [0.1, 0.15) is 18.9 Å². The minimum atomic E-state index is -1.08. The molecule has 122 valence electrons. The van der Waals surface area contributed by atoms with E-state index in [4.69, 9.17) is 0 Å². The van der Waals surface area contributed by atoms with E-state index in [2.05, 4.69) is 10.3 Å². The van der Waals surface area contributed by atoms with Crippen molar-refractivity contribution >= 4 is 39.7 Å². The van der Waals surface area contributed by atoms with Gasteiger partial charge >= 0.3 is 5.97 Å². The summed E-state index contributed by atoms with van der Waals surface area (Å²) in [6, 6.07) is 6.60. The zero-order chi connectivity index (χ0) is 16.8. The first-order valence-electron chi connectivity index (χ1n) is 7.18. The summed E-state index contributed by atoms with van der Waals surface area (Å²) in [5.41, 5.74) is 1.77. The summed E-state index contributed by atoms with van der Waals surface area (Å²) in [7, 11) is 0. The van der Waals surface area contributed by atoms with E-state index in [1.54, 1.807) is 6.20 Å². The van der Waals surface area contributed by atoms with Crippen LogP contribution in [0.4, 0.5) is 0 Å². The van der Waals surface area contributed by atoms with Gasteiger partial charge in [-0.1, -0.05) is 30.0 Å². The molecule has 0 radical (unpaired) electrons. The lowest BCUT2D eigenvalue weighted by atomic mass is 10.0. The molecule has 0 aliphatic carbocycles. The molecule has 6 nitrogen and oxygen atoms in total. The molecule has 7 heteroatoms. The number of carbonyl (C=O) groups is 3. The quantitative estimate of drug-likeness (QED) is 0.719. The molecule has 3 N–H and O–H groups in total. The molecule has 0 spiro atoms. The van der Waals surface area contributed by atoms with Gasteiger partial charge in [-0.15, -0.1) is 0 Å². The van der Waals surface area contributed by atoms with Crippen molar-refractivity contribution in [3.63, 3.8) is 0 Å². The highest BCUT2D eigenvalue weighted by molar-refractivity contribution is 8.13. The van der Waals surface area contributed by atoms with Crippen molar-refractivity contribution in [3.8, 4) is 0 Å². The largest absolute Gasteiger partial charge is 0.480 e. The number of hydrogen-bond donors (Lipinski definition) is 3. The number of benzene rings is 1. The molecule has 1 amide bonds. The maximum Gasteiger partial charge on any atom is 0.326 e. The van der Waals surface area contributed by atoms with Crippen molar-refractivity contribution in [1.29, 1.82) is 0 Å². The van der Waals surface area contributed by atoms with Crippen LogP contribution in [0.25, 0.3) is 10.9 Å². The summed E-state index contributed by atoms with van der Waals surface area (Å²) in [6.45, 7) is 1.43. The third kappa shape index (κ3) is 4.85. The van der Waals surface area contributed by atoms with E-state index in [0.717, 1.165) is 28.2 Å². The van der Waals surface area contributed by atoms with Crippen LogP contribution in [-0.2, 0) is 20.8 Å². The zero-order valence-electron chi connectivity index (χ0n) is 12.7. The van der Waals surface area contributed by atoms with Gasteiger partial charge in [-0.3, -0.25) is 9.59 Å². The van der Waals surface area contributed by atoms with Gasteiger partial charge in [0.25, 0.3) is 0 Å². The molecule has 0 bridgehead atoms. The summed E-state index contributed by atoms with van der Waals surface area (Å²) in [6.07, 6.45) is 2.07. The highest BCUT2D eigenvalue weighted by Crippen LogP contribution is 2.19. The maximum absolute atomic E-state index is 11.8. The van der Waals surface area contributed by atoms with E-state index in [1.165, 1.54) is 6.92 Å². The van der Waals surface area contributed by atoms with Crippen LogP contribution in [0, 0.1) is 0 Å². The van der Waals surface area contributed by atoms with Crippen LogP contribution in [0.3, 0.4) is 0 Å². The Morgan fingerprint density at radius 2 is 2.04 bits per heavy atom. The number of rotatable bonds is 7. The van der Waals surface area contributed by atoms with Gasteiger partial charge in [-0.05, 0) is 11.6 Å². The first-order chi connectivity index (χ1) is 11.0. The predicted octanol–water partition coefficient (Wildman–Crippen LogP) is 1.95. The summed E-state index contributed by atoms with van der Waals surface area (Å²) in [5.74, 6) is -1.10. The zero-order valence-corrected chi connectivity index (χ0v) is 13.5. The van der Waals surface area contributed by atoms with Crippen LogP contribution >= 0.6 is 11.8 Å². The van der Waals surface area contributed by atoms with Gasteiger partial charge < -0.3 is 15.4 Å². The first kappa shape index (κ1) is 17.1. The first-order valence-corrected chi connectivity index (χ1v) is 8.16. The minimum absolute atomic E-state index is 0.0635. The maximum atomic E-state index is 11.8. The van der Waals surface area contributed by atoms with Crippen molar-refractivity contribution in [3.05, 3.63) is 36.0 Å². The number of H-pyrrole nitrogens is 1. The Morgan fingerprint density at radius 1 is 1.30 bits per heavy atom. The average molecular weight is 334 g/mol. The van der Waals surface area contributed by atoms with Crippen LogP contribution in [0.2, 0.25) is 0 Å². The van der Waals surface area contributed by atoms with Gasteiger partial charge in [0.05, 0.1) is 0 Å². The van der Waals surface area contributed by atoms with E-state index in [9.17, 15) is 19.5 Å². The van der Waals surface area contributed by atoms with Crippen molar-refractivity contribution in [2.24, 2.45) is 0 Å². The Bertz CT molecular complexity index is 726. The molecule has 0 fully saturated rings. The molecule has 2 aromatic rings. The molecule has 0 aliphatic heterocycles. The van der Waals surface area contributed by atoms with Crippen molar-refractivity contribution in [2.75, 3.05) is 5.75 Å². The normalized spacial score (nSPS) is 12.0. The predicted molar refractivity (Wildman–Crippen MR) is 89.3 cm³/mol. The molecule has 2 rings (SSSR count). The van der Waals surface area contributed by atoms with E-state index < -0.39 is 12.0 Å². The van der Waals surface area contributed by atoms with Crippen LogP contribution in [0.15, 0.2) is 30.5 Å². The van der Waals surface area contributed by atoms with Gasteiger partial charge in [-0.2, -0.15) is 0 Å². The number of aromatic nitrogens is 1. The highest BCUT2D eigenvalue weighted by Gasteiger charge is 2.21. The van der Waals surface area contributed by atoms with E-state index >= 15 is 0 Å². The SMILES string of the molecule is CC(=O)SCCC(=O)N[C@@H](Cc1c[nH]c2ccccc12)C(=O)O. The topological polar surface area (TPSA) is 99.3 Å². The van der Waals surface area contributed by atoms with Crippen molar-refractivity contribution < 1.29 is 19.5 Å². The summed E-state index contributed by atoms with van der Waals surface area (Å²) in [5, 5.41) is 12.7. The van der Waals surface area contributed by atoms with Gasteiger partial charge in [0.15, 0.2) is 5.12 Å². The van der Waals surface area contributed by atoms with Crippen LogP contribution < -0.4 is 5.32 Å². The van der Waals surface area contributed by atoms with Gasteiger partial charge in [-0.25, -0.2) is 4.79 Å². The van der Waals surface area contributed by atoms with Crippen LogP contribution in [0.5, 0.6) is 0 Å². The summed E-state index contributed by atoms with van der Waals surface area (Å²) in [4.78, 5) is 37.1. The third-order valence-electron chi connectivity index (χ3n) is 3.37. The number of para-hydroxylation sites is 1. The molecule has 1 aromatic carbocycles. The number of aromatic amines is 1. The highest BCUT2D eigenvalue weighted by atomic mass is 32.2. The smallest absolute Gasteiger partial charge is 0.326 e. The number of aliphatic carboxylic acids is 1. The third-order valence-corrected chi connectivity index (χ3v) is 4.18. The Balaban J connectivity index is 2.00. The lowest BCUT2D eigenvalue weighted by Gasteiger charge is -2.14. The second kappa shape index (κ2) is 7.82. The fourth-order valence-corrected chi connectivity index (χ4v) is 2.85. The molecule has 1 heterocycles. The molecule has 1 aromatic heterocycles. The molecule has 0 aliphatic rings. The number of carboxylic acids is 1. The number of hydrogen-bond acceptors (Lipinski definition) is 4. The minimum Gasteiger partial charge on any atom is -0.480 e. The second-order valence-corrected chi connectivity index (χ2v) is 6.38. The van der Waals surface area contributed by atoms with Crippen molar-refractivity contribution in [1.82, 2.24) is 10.3 Å². The Morgan fingerprint density at radius 3 is 2.74 bits per heavy atom. The molecule has 1 atom stereocenters. The Kier molecular flexibility index (Phi) is 5.81. The number of carbonyl (C=O) groups excluding carboxylic acids is 2. The number of amides is 1. The van der Waals surface area contributed by atoms with E-state index in [-0.39, 0.29) is 23.9 Å². The monoisotopic (exact) mass is 334 g/mol. The number of thioether (sulfide) groups is 1. The average Bonchev–Trinajstić information content (AvgIpc) is 2.89. The lowest BCUT2D eigenvalue weighted by Crippen LogP contribution is -2.42. The van der Waals surface area contributed by atoms with Crippen molar-refractivity contribution in [2.45, 2.75) is 25.8 Å². The molecule has 23 heavy (non-hydrogen) atoms. The summed E-state index contributed by atoms with van der Waals surface area (Å²) < 4.78 is 0. The van der Waals surface area contributed by atoms with E-state index in [0.29, 0.717) is 5.75 Å². The molecular formula is C16H18N2O4S. The number of carboxylic acid groups (broad SMARTS) is 1. The second-order valence-electron chi connectivity index (χ2n) is 5.11. The summed E-state index contributed by atoms with van der Waals surface area (Å²) >= 11 is 1.05. The van der Waals surface area contributed by atoms with Crippen LogP contribution in [-0.4, -0.2) is 38.9 Å². The standard InChI is InChI=1S/C16H18N2O4S/c1-10(19)23-7-6-15(20)18-14(16(21)22)8-11-9-17-13-5-3-2-4-12(11)13/h2-5,9,14,17H,6-8H2,1H3,(H,18,20)(H,21,22)/t14-/m0/s1. The van der Waals surface area contributed by atoms with E-state index in [1.807, 2.05) is 24.3 Å². The number of fused-ring (bicyclic) bond motifs is 1. The lowest BCUT2D eigenvalue weighted by molar-refractivity contribution is -0.141. The van der Waals surface area contributed by atoms with Gasteiger partial charge in [0.1, 0.15) is 6.04 Å². The molecule has 0 saturated carbocycles. The van der Waals surface area contributed by atoms with Gasteiger partial charge in [0, 0.05) is 42.6 Å². The molecular weight excluding hydrogens is 316 g/mol. The number of nitrogens with one attached hydrogen (secondary N) is 2. The fourth-order valence-electron chi connectivity index (χ4n) is 2.27. The molecule has 0 unspecified atom stereocenters. The Labute approximate surface area is 137 Å². The molecule has 0 saturated heterocycles. The fraction of sp³-hybridized carbons (Fsp3) is 0.312.